The minimum atomic E-state index is 0.371. The summed E-state index contributed by atoms with van der Waals surface area (Å²) in [6.45, 7) is 0.371. The third kappa shape index (κ3) is 3.23. The molecule has 0 spiro atoms. The Kier molecular flexibility index (Phi) is 5.21. The van der Waals surface area contributed by atoms with Crippen molar-refractivity contribution in [2.75, 3.05) is 19.5 Å². The fourth-order valence-electron chi connectivity index (χ4n) is 1.68. The van der Waals surface area contributed by atoms with E-state index in [1.165, 1.54) is 0 Å². The first kappa shape index (κ1) is 15.5. The number of methoxy groups -OCH3 is 1. The zero-order valence-corrected chi connectivity index (χ0v) is 14.0. The number of hydrogen-bond acceptors (Lipinski definition) is 4. The molecular weight excluding hydrogens is 365 g/mol. The van der Waals surface area contributed by atoms with Crippen LogP contribution in [0.25, 0.3) is 11.4 Å². The second-order valence-electron chi connectivity index (χ2n) is 3.96. The molecule has 2 rings (SSSR count). The fourth-order valence-corrected chi connectivity index (χ4v) is 2.67. The molecule has 0 bridgehead atoms. The van der Waals surface area contributed by atoms with Crippen molar-refractivity contribution in [2.45, 2.75) is 6.61 Å². The van der Waals surface area contributed by atoms with Crippen LogP contribution in [0.5, 0.6) is 0 Å². The molecule has 0 atom stereocenters. The van der Waals surface area contributed by atoms with Gasteiger partial charge in [0, 0.05) is 24.7 Å². The van der Waals surface area contributed by atoms with Gasteiger partial charge in [-0.2, -0.15) is 0 Å². The van der Waals surface area contributed by atoms with Crippen LogP contribution in [0.4, 0.5) is 5.82 Å². The molecule has 0 fully saturated rings. The Morgan fingerprint density at radius 3 is 2.65 bits per heavy atom. The van der Waals surface area contributed by atoms with Crippen molar-refractivity contribution in [1.29, 1.82) is 0 Å². The molecule has 0 saturated heterocycles. The first-order valence-corrected chi connectivity index (χ1v) is 7.30. The average molecular weight is 377 g/mol. The van der Waals surface area contributed by atoms with Gasteiger partial charge in [0.25, 0.3) is 0 Å². The molecule has 2 aromatic rings. The van der Waals surface area contributed by atoms with E-state index in [9.17, 15) is 0 Å². The Labute approximate surface area is 135 Å². The largest absolute Gasteiger partial charge is 0.378 e. The Bertz CT molecular complexity index is 637. The van der Waals surface area contributed by atoms with E-state index in [2.05, 4.69) is 31.2 Å². The second-order valence-corrected chi connectivity index (χ2v) is 5.60. The Hall–Kier alpha value is -0.880. The predicted octanol–water partition coefficient (Wildman–Crippen LogP) is 4.40. The van der Waals surface area contributed by atoms with Crippen molar-refractivity contribution < 1.29 is 4.74 Å². The Morgan fingerprint density at radius 1 is 1.30 bits per heavy atom. The number of nitrogens with zero attached hydrogens (tertiary/aromatic N) is 2. The Morgan fingerprint density at radius 2 is 2.05 bits per heavy atom. The van der Waals surface area contributed by atoms with Crippen LogP contribution in [0.15, 0.2) is 22.7 Å². The van der Waals surface area contributed by atoms with Gasteiger partial charge in [-0.15, -0.1) is 0 Å². The number of aromatic nitrogens is 2. The lowest BCUT2D eigenvalue weighted by atomic mass is 10.2. The van der Waals surface area contributed by atoms with Gasteiger partial charge < -0.3 is 10.1 Å². The molecule has 4 nitrogen and oxygen atoms in total. The minimum absolute atomic E-state index is 0.371. The van der Waals surface area contributed by atoms with E-state index in [0.29, 0.717) is 28.3 Å². The summed E-state index contributed by atoms with van der Waals surface area (Å²) in [7, 11) is 3.40. The molecule has 0 aliphatic rings. The molecular formula is C13H12BrCl2N3O. The number of anilines is 1. The van der Waals surface area contributed by atoms with Crippen LogP contribution in [0.2, 0.25) is 10.0 Å². The van der Waals surface area contributed by atoms with Gasteiger partial charge >= 0.3 is 0 Å². The molecule has 0 radical (unpaired) electrons. The number of benzene rings is 1. The standard InChI is InChI=1S/C13H12BrCl2N3O/c1-17-13-11(14)10(6-20-2)18-12(19-13)8-4-3-7(15)5-9(8)16/h3-5H,6H2,1-2H3,(H,17,18,19). The van der Waals surface area contributed by atoms with Gasteiger partial charge in [0.1, 0.15) is 5.82 Å². The van der Waals surface area contributed by atoms with Gasteiger partial charge in [0.2, 0.25) is 0 Å². The SMILES string of the molecule is CNc1nc(-c2ccc(Cl)cc2Cl)nc(COC)c1Br. The van der Waals surface area contributed by atoms with Gasteiger partial charge in [-0.3, -0.25) is 0 Å². The fraction of sp³-hybridized carbons (Fsp3) is 0.231. The normalized spacial score (nSPS) is 10.7. The zero-order chi connectivity index (χ0) is 14.7. The van der Waals surface area contributed by atoms with Crippen molar-refractivity contribution in [3.05, 3.63) is 38.4 Å². The van der Waals surface area contributed by atoms with Crippen LogP contribution < -0.4 is 5.32 Å². The zero-order valence-electron chi connectivity index (χ0n) is 10.9. The highest BCUT2D eigenvalue weighted by molar-refractivity contribution is 9.10. The molecule has 20 heavy (non-hydrogen) atoms. The predicted molar refractivity (Wildman–Crippen MR) is 85.4 cm³/mol. The molecule has 0 amide bonds. The highest BCUT2D eigenvalue weighted by Crippen LogP contribution is 2.32. The molecule has 106 valence electrons. The lowest BCUT2D eigenvalue weighted by Gasteiger charge is -2.11. The lowest BCUT2D eigenvalue weighted by molar-refractivity contribution is 0.181. The van der Waals surface area contributed by atoms with Gasteiger partial charge in [-0.25, -0.2) is 9.97 Å². The van der Waals surface area contributed by atoms with Crippen LogP contribution in [0.1, 0.15) is 5.69 Å². The van der Waals surface area contributed by atoms with Crippen molar-refractivity contribution in [3.8, 4) is 11.4 Å². The quantitative estimate of drug-likeness (QED) is 0.858. The van der Waals surface area contributed by atoms with E-state index >= 15 is 0 Å². The molecule has 0 saturated carbocycles. The molecule has 0 unspecified atom stereocenters. The number of halogens is 3. The van der Waals surface area contributed by atoms with Crippen molar-refractivity contribution in [2.24, 2.45) is 0 Å². The van der Waals surface area contributed by atoms with E-state index < -0.39 is 0 Å². The summed E-state index contributed by atoms with van der Waals surface area (Å²) in [6, 6.07) is 5.21. The maximum Gasteiger partial charge on any atom is 0.163 e. The van der Waals surface area contributed by atoms with E-state index in [4.69, 9.17) is 27.9 Å². The monoisotopic (exact) mass is 375 g/mol. The number of nitrogens with one attached hydrogen (secondary N) is 1. The van der Waals surface area contributed by atoms with Crippen molar-refractivity contribution >= 4 is 44.9 Å². The maximum atomic E-state index is 6.20. The molecule has 1 aromatic carbocycles. The maximum absolute atomic E-state index is 6.20. The van der Waals surface area contributed by atoms with Crippen LogP contribution >= 0.6 is 39.1 Å². The van der Waals surface area contributed by atoms with Crippen molar-refractivity contribution in [3.63, 3.8) is 0 Å². The summed E-state index contributed by atoms with van der Waals surface area (Å²) in [5.41, 5.74) is 1.46. The topological polar surface area (TPSA) is 47.0 Å². The highest BCUT2D eigenvalue weighted by atomic mass is 79.9. The smallest absolute Gasteiger partial charge is 0.163 e. The molecule has 0 aliphatic carbocycles. The molecule has 0 aliphatic heterocycles. The molecule has 7 heteroatoms. The minimum Gasteiger partial charge on any atom is -0.378 e. The van der Waals surface area contributed by atoms with E-state index in [1.54, 1.807) is 32.4 Å². The van der Waals surface area contributed by atoms with Crippen LogP contribution in [0, 0.1) is 0 Å². The average Bonchev–Trinajstić information content (AvgIpc) is 2.41. The van der Waals surface area contributed by atoms with Gasteiger partial charge in [-0.1, -0.05) is 23.2 Å². The summed E-state index contributed by atoms with van der Waals surface area (Å²) in [4.78, 5) is 8.92. The number of rotatable bonds is 4. The van der Waals surface area contributed by atoms with Crippen LogP contribution in [0.3, 0.4) is 0 Å². The summed E-state index contributed by atoms with van der Waals surface area (Å²) in [6.07, 6.45) is 0. The van der Waals surface area contributed by atoms with E-state index in [1.807, 2.05) is 0 Å². The first-order valence-electron chi connectivity index (χ1n) is 5.75. The lowest BCUT2D eigenvalue weighted by Crippen LogP contribution is -2.04. The Balaban J connectivity index is 2.58. The summed E-state index contributed by atoms with van der Waals surface area (Å²) in [5.74, 6) is 1.19. The third-order valence-corrected chi connectivity index (χ3v) is 3.99. The van der Waals surface area contributed by atoms with Gasteiger partial charge in [-0.05, 0) is 34.1 Å². The van der Waals surface area contributed by atoms with Crippen LogP contribution in [-0.2, 0) is 11.3 Å². The molecule has 1 N–H and O–H groups in total. The second kappa shape index (κ2) is 6.72. The van der Waals surface area contributed by atoms with Crippen molar-refractivity contribution in [1.82, 2.24) is 9.97 Å². The number of hydrogen-bond donors (Lipinski definition) is 1. The third-order valence-electron chi connectivity index (χ3n) is 2.61. The summed E-state index contributed by atoms with van der Waals surface area (Å²) < 4.78 is 5.92. The van der Waals surface area contributed by atoms with E-state index in [0.717, 1.165) is 15.7 Å². The summed E-state index contributed by atoms with van der Waals surface area (Å²) >= 11 is 15.6. The van der Waals surface area contributed by atoms with Gasteiger partial charge in [0.15, 0.2) is 5.82 Å². The van der Waals surface area contributed by atoms with Gasteiger partial charge in [0.05, 0.1) is 21.8 Å². The summed E-state index contributed by atoms with van der Waals surface area (Å²) in [5, 5.41) is 4.09. The first-order chi connectivity index (χ1) is 9.56. The van der Waals surface area contributed by atoms with E-state index in [-0.39, 0.29) is 0 Å². The molecule has 1 aromatic heterocycles. The van der Waals surface area contributed by atoms with Crippen LogP contribution in [-0.4, -0.2) is 24.1 Å². The highest BCUT2D eigenvalue weighted by Gasteiger charge is 2.14. The number of ether oxygens (including phenoxy) is 1. The molecule has 1 heterocycles.